The SMILES string of the molecule is CCNC(=NCc1ccc(C(=O)N(C)C)cc1)NCC1CCN(c2ccc(F)c(F)c2)C1.I. The van der Waals surface area contributed by atoms with Crippen molar-refractivity contribution in [2.75, 3.05) is 45.2 Å². The Morgan fingerprint density at radius 3 is 2.48 bits per heavy atom. The van der Waals surface area contributed by atoms with E-state index in [2.05, 4.69) is 20.5 Å². The molecule has 0 spiro atoms. The fraction of sp³-hybridized carbons (Fsp3) is 0.417. The van der Waals surface area contributed by atoms with Crippen LogP contribution in [0.5, 0.6) is 0 Å². The molecular formula is C24H32F2IN5O. The van der Waals surface area contributed by atoms with Crippen LogP contribution >= 0.6 is 24.0 Å². The molecule has 0 saturated carbocycles. The van der Waals surface area contributed by atoms with Crippen LogP contribution in [0.4, 0.5) is 14.5 Å². The molecule has 1 unspecified atom stereocenters. The molecule has 0 radical (unpaired) electrons. The maximum Gasteiger partial charge on any atom is 0.253 e. The Labute approximate surface area is 211 Å². The lowest BCUT2D eigenvalue weighted by atomic mass is 10.1. The minimum Gasteiger partial charge on any atom is -0.371 e. The van der Waals surface area contributed by atoms with Crippen LogP contribution in [0, 0.1) is 17.6 Å². The van der Waals surface area contributed by atoms with Crippen molar-refractivity contribution in [3.63, 3.8) is 0 Å². The Kier molecular flexibility index (Phi) is 10.3. The standard InChI is InChI=1S/C24H31F2N5O.HI/c1-4-27-24(28-14-17-5-7-19(8-6-17)23(32)30(2)3)29-15-18-11-12-31(16-18)20-9-10-21(25)22(26)13-20;/h5-10,13,18H,4,11-12,14-16H2,1-3H3,(H2,27,28,29);1H. The number of amides is 1. The van der Waals surface area contributed by atoms with E-state index < -0.39 is 11.6 Å². The minimum absolute atomic E-state index is 0. The zero-order chi connectivity index (χ0) is 23.1. The van der Waals surface area contributed by atoms with E-state index in [0.29, 0.717) is 23.7 Å². The highest BCUT2D eigenvalue weighted by Gasteiger charge is 2.23. The third kappa shape index (κ3) is 7.55. The molecule has 1 aliphatic rings. The molecule has 9 heteroatoms. The molecule has 3 rings (SSSR count). The van der Waals surface area contributed by atoms with E-state index in [1.807, 2.05) is 31.2 Å². The number of nitrogens with zero attached hydrogens (tertiary/aromatic N) is 3. The highest BCUT2D eigenvalue weighted by atomic mass is 127. The van der Waals surface area contributed by atoms with Crippen molar-refractivity contribution < 1.29 is 13.6 Å². The van der Waals surface area contributed by atoms with E-state index in [0.717, 1.165) is 44.1 Å². The first-order valence-corrected chi connectivity index (χ1v) is 10.9. The second-order valence-electron chi connectivity index (χ2n) is 8.17. The molecule has 6 nitrogen and oxygen atoms in total. The van der Waals surface area contributed by atoms with Gasteiger partial charge in [0.2, 0.25) is 0 Å². The van der Waals surface area contributed by atoms with E-state index in [1.165, 1.54) is 12.1 Å². The van der Waals surface area contributed by atoms with Gasteiger partial charge in [-0.2, -0.15) is 0 Å². The predicted molar refractivity (Wildman–Crippen MR) is 139 cm³/mol. The van der Waals surface area contributed by atoms with Gasteiger partial charge in [0.1, 0.15) is 0 Å². The molecule has 33 heavy (non-hydrogen) atoms. The summed E-state index contributed by atoms with van der Waals surface area (Å²) in [5.41, 5.74) is 2.38. The summed E-state index contributed by atoms with van der Waals surface area (Å²) in [6.07, 6.45) is 0.965. The summed E-state index contributed by atoms with van der Waals surface area (Å²) in [6.45, 7) is 5.58. The fourth-order valence-corrected chi connectivity index (χ4v) is 3.68. The van der Waals surface area contributed by atoms with Gasteiger partial charge in [-0.1, -0.05) is 12.1 Å². The first kappa shape index (κ1) is 26.8. The average Bonchev–Trinajstić information content (AvgIpc) is 3.26. The lowest BCUT2D eigenvalue weighted by Gasteiger charge is -2.19. The Hall–Kier alpha value is -2.43. The van der Waals surface area contributed by atoms with Gasteiger partial charge in [-0.25, -0.2) is 13.8 Å². The summed E-state index contributed by atoms with van der Waals surface area (Å²) in [5.74, 6) is -0.555. The number of carbonyl (C=O) groups is 1. The van der Waals surface area contributed by atoms with Gasteiger partial charge in [-0.3, -0.25) is 4.79 Å². The Morgan fingerprint density at radius 2 is 1.85 bits per heavy atom. The molecule has 180 valence electrons. The van der Waals surface area contributed by atoms with Crippen molar-refractivity contribution in [3.05, 3.63) is 65.2 Å². The third-order valence-electron chi connectivity index (χ3n) is 5.48. The van der Waals surface area contributed by atoms with E-state index in [-0.39, 0.29) is 29.9 Å². The second-order valence-corrected chi connectivity index (χ2v) is 8.17. The van der Waals surface area contributed by atoms with Crippen molar-refractivity contribution in [2.45, 2.75) is 19.9 Å². The molecule has 1 saturated heterocycles. The average molecular weight is 571 g/mol. The van der Waals surface area contributed by atoms with Crippen LogP contribution in [-0.2, 0) is 6.54 Å². The molecule has 2 aromatic carbocycles. The first-order chi connectivity index (χ1) is 15.4. The largest absolute Gasteiger partial charge is 0.371 e. The number of carbonyl (C=O) groups excluding carboxylic acids is 1. The topological polar surface area (TPSA) is 60.0 Å². The monoisotopic (exact) mass is 571 g/mol. The Balaban J connectivity index is 0.00000385. The van der Waals surface area contributed by atoms with Crippen molar-refractivity contribution in [3.8, 4) is 0 Å². The summed E-state index contributed by atoms with van der Waals surface area (Å²) < 4.78 is 26.7. The summed E-state index contributed by atoms with van der Waals surface area (Å²) in [4.78, 5) is 20.3. The molecule has 2 N–H and O–H groups in total. The van der Waals surface area contributed by atoms with E-state index >= 15 is 0 Å². The van der Waals surface area contributed by atoms with Crippen molar-refractivity contribution in [1.82, 2.24) is 15.5 Å². The van der Waals surface area contributed by atoms with E-state index in [9.17, 15) is 13.6 Å². The zero-order valence-electron chi connectivity index (χ0n) is 19.3. The van der Waals surface area contributed by atoms with Crippen LogP contribution in [0.3, 0.4) is 0 Å². The minimum atomic E-state index is -0.823. The molecular weight excluding hydrogens is 539 g/mol. The highest BCUT2D eigenvalue weighted by Crippen LogP contribution is 2.25. The molecule has 0 aliphatic carbocycles. The van der Waals surface area contributed by atoms with Gasteiger partial charge in [0.05, 0.1) is 6.54 Å². The van der Waals surface area contributed by atoms with Crippen LogP contribution in [0.1, 0.15) is 29.3 Å². The van der Waals surface area contributed by atoms with Gasteiger partial charge < -0.3 is 20.4 Å². The highest BCUT2D eigenvalue weighted by molar-refractivity contribution is 14.0. The molecule has 0 bridgehead atoms. The van der Waals surface area contributed by atoms with Gasteiger partial charge in [0.15, 0.2) is 17.6 Å². The van der Waals surface area contributed by atoms with Gasteiger partial charge in [-0.15, -0.1) is 24.0 Å². The third-order valence-corrected chi connectivity index (χ3v) is 5.48. The maximum absolute atomic E-state index is 13.5. The molecule has 0 aromatic heterocycles. The summed E-state index contributed by atoms with van der Waals surface area (Å²) in [6, 6.07) is 11.5. The first-order valence-electron chi connectivity index (χ1n) is 10.9. The van der Waals surface area contributed by atoms with Gasteiger partial charge in [0, 0.05) is 57.6 Å². The smallest absolute Gasteiger partial charge is 0.253 e. The predicted octanol–water partition coefficient (Wildman–Crippen LogP) is 3.87. The van der Waals surface area contributed by atoms with Crippen LogP contribution in [0.15, 0.2) is 47.5 Å². The number of benzene rings is 2. The molecule has 1 fully saturated rings. The molecule has 1 atom stereocenters. The van der Waals surface area contributed by atoms with Crippen LogP contribution in [0.25, 0.3) is 0 Å². The van der Waals surface area contributed by atoms with Crippen molar-refractivity contribution >= 4 is 41.5 Å². The van der Waals surface area contributed by atoms with Gasteiger partial charge in [0.25, 0.3) is 5.91 Å². The summed E-state index contributed by atoms with van der Waals surface area (Å²) in [7, 11) is 3.47. The number of guanidine groups is 1. The number of aliphatic imine (C=N–C) groups is 1. The van der Waals surface area contributed by atoms with Crippen molar-refractivity contribution in [1.29, 1.82) is 0 Å². The quantitative estimate of drug-likeness (QED) is 0.301. The molecule has 1 aliphatic heterocycles. The van der Waals surface area contributed by atoms with E-state index in [1.54, 1.807) is 25.1 Å². The summed E-state index contributed by atoms with van der Waals surface area (Å²) >= 11 is 0. The number of halogens is 3. The second kappa shape index (κ2) is 12.7. The molecule has 2 aromatic rings. The zero-order valence-corrected chi connectivity index (χ0v) is 21.6. The van der Waals surface area contributed by atoms with E-state index in [4.69, 9.17) is 0 Å². The number of anilines is 1. The Morgan fingerprint density at radius 1 is 1.12 bits per heavy atom. The van der Waals surface area contributed by atoms with Gasteiger partial charge >= 0.3 is 0 Å². The molecule has 1 amide bonds. The number of hydrogen-bond acceptors (Lipinski definition) is 3. The Bertz CT molecular complexity index is 952. The summed E-state index contributed by atoms with van der Waals surface area (Å²) in [5, 5.41) is 6.64. The van der Waals surface area contributed by atoms with Gasteiger partial charge in [-0.05, 0) is 49.1 Å². The molecule has 1 heterocycles. The maximum atomic E-state index is 13.5. The fourth-order valence-electron chi connectivity index (χ4n) is 3.68. The van der Waals surface area contributed by atoms with Crippen LogP contribution in [0.2, 0.25) is 0 Å². The lowest BCUT2D eigenvalue weighted by molar-refractivity contribution is 0.0827. The van der Waals surface area contributed by atoms with Crippen molar-refractivity contribution in [2.24, 2.45) is 10.9 Å². The normalized spacial score (nSPS) is 15.7. The number of rotatable bonds is 7. The number of hydrogen-bond donors (Lipinski definition) is 2. The van der Waals surface area contributed by atoms with Crippen LogP contribution in [-0.4, -0.2) is 57.0 Å². The van der Waals surface area contributed by atoms with Crippen LogP contribution < -0.4 is 15.5 Å². The lowest BCUT2D eigenvalue weighted by Crippen LogP contribution is -2.40. The number of nitrogens with one attached hydrogen (secondary N) is 2.